The van der Waals surface area contributed by atoms with Crippen LogP contribution in [0.15, 0.2) is 40.9 Å². The molecule has 2 aromatic rings. The Kier molecular flexibility index (Phi) is 5.42. The first kappa shape index (κ1) is 16.3. The molecule has 0 aromatic heterocycles. The van der Waals surface area contributed by atoms with Crippen molar-refractivity contribution in [1.82, 2.24) is 0 Å². The molecule has 0 aliphatic carbocycles. The van der Waals surface area contributed by atoms with E-state index in [0.29, 0.717) is 22.1 Å². The van der Waals surface area contributed by atoms with E-state index in [1.54, 1.807) is 43.3 Å². The zero-order valence-electron chi connectivity index (χ0n) is 11.6. The summed E-state index contributed by atoms with van der Waals surface area (Å²) in [6, 6.07) is 12.1. The largest absolute Gasteiger partial charge is 0.481 e. The van der Waals surface area contributed by atoms with Crippen LogP contribution in [-0.4, -0.2) is 12.6 Å². The third-order valence-corrected chi connectivity index (χ3v) is 3.50. The number of esters is 1. The molecule has 0 radical (unpaired) electrons. The maximum Gasteiger partial charge on any atom is 0.349 e. The summed E-state index contributed by atoms with van der Waals surface area (Å²) < 4.78 is 11.3. The average Bonchev–Trinajstić information content (AvgIpc) is 2.49. The summed E-state index contributed by atoms with van der Waals surface area (Å²) in [5.74, 6) is 0.0349. The van der Waals surface area contributed by atoms with Crippen LogP contribution in [0.3, 0.4) is 0 Å². The predicted octanol–water partition coefficient (Wildman–Crippen LogP) is 4.27. The number of nitrogens with zero attached hydrogens (tertiary/aromatic N) is 1. The molecular weight excluding hydrogens is 370 g/mol. The van der Waals surface area contributed by atoms with E-state index in [-0.39, 0.29) is 6.61 Å². The first-order chi connectivity index (χ1) is 10.5. The van der Waals surface area contributed by atoms with E-state index < -0.39 is 5.97 Å². The lowest BCUT2D eigenvalue weighted by molar-refractivity contribution is -0.136. The predicted molar refractivity (Wildman–Crippen MR) is 86.2 cm³/mol. The zero-order valence-corrected chi connectivity index (χ0v) is 13.9. The number of benzene rings is 2. The monoisotopic (exact) mass is 379 g/mol. The highest BCUT2D eigenvalue weighted by Crippen LogP contribution is 2.32. The Bertz CT molecular complexity index is 732. The van der Waals surface area contributed by atoms with E-state index in [4.69, 9.17) is 26.3 Å². The molecular formula is C16H11BrClNO3. The van der Waals surface area contributed by atoms with E-state index in [2.05, 4.69) is 15.9 Å². The molecule has 0 atom stereocenters. The third-order valence-electron chi connectivity index (χ3n) is 2.76. The van der Waals surface area contributed by atoms with Crippen molar-refractivity contribution in [2.75, 3.05) is 6.61 Å². The van der Waals surface area contributed by atoms with Crippen molar-refractivity contribution in [3.8, 4) is 17.6 Å². The molecule has 2 rings (SSSR count). The molecule has 0 aliphatic heterocycles. The van der Waals surface area contributed by atoms with Gasteiger partial charge in [-0.2, -0.15) is 5.26 Å². The van der Waals surface area contributed by atoms with Gasteiger partial charge in [0.15, 0.2) is 12.4 Å². The lowest BCUT2D eigenvalue weighted by atomic mass is 10.2. The Morgan fingerprint density at radius 3 is 2.77 bits per heavy atom. The number of hydrogen-bond acceptors (Lipinski definition) is 4. The Morgan fingerprint density at radius 2 is 2.09 bits per heavy atom. The smallest absolute Gasteiger partial charge is 0.349 e. The number of para-hydroxylation sites is 1. The van der Waals surface area contributed by atoms with Gasteiger partial charge in [0.1, 0.15) is 11.8 Å². The van der Waals surface area contributed by atoms with Crippen molar-refractivity contribution in [2.24, 2.45) is 0 Å². The molecule has 0 amide bonds. The quantitative estimate of drug-likeness (QED) is 0.587. The summed E-state index contributed by atoms with van der Waals surface area (Å²) in [6.45, 7) is 1.47. The van der Waals surface area contributed by atoms with Crippen molar-refractivity contribution >= 4 is 33.5 Å². The molecule has 2 aromatic carbocycles. The number of rotatable bonds is 4. The number of hydrogen-bond donors (Lipinski definition) is 0. The van der Waals surface area contributed by atoms with E-state index in [1.165, 1.54) is 0 Å². The number of halogens is 2. The van der Waals surface area contributed by atoms with Crippen LogP contribution in [0.2, 0.25) is 5.02 Å². The number of nitriles is 1. The van der Waals surface area contributed by atoms with Crippen molar-refractivity contribution in [2.45, 2.75) is 6.92 Å². The highest BCUT2D eigenvalue weighted by atomic mass is 79.9. The third kappa shape index (κ3) is 4.00. The van der Waals surface area contributed by atoms with Crippen LogP contribution >= 0.6 is 27.5 Å². The maximum atomic E-state index is 11.9. The van der Waals surface area contributed by atoms with Gasteiger partial charge in [-0.05, 0) is 36.8 Å². The van der Waals surface area contributed by atoms with Crippen LogP contribution in [0.5, 0.6) is 11.5 Å². The van der Waals surface area contributed by atoms with E-state index in [0.717, 1.165) is 10.0 Å². The van der Waals surface area contributed by atoms with Gasteiger partial charge in [-0.25, -0.2) is 4.79 Å². The van der Waals surface area contributed by atoms with Crippen LogP contribution < -0.4 is 9.47 Å². The van der Waals surface area contributed by atoms with Crippen LogP contribution in [0, 0.1) is 18.3 Å². The second kappa shape index (κ2) is 7.30. The Balaban J connectivity index is 2.04. The highest BCUT2D eigenvalue weighted by molar-refractivity contribution is 9.10. The normalized spacial score (nSPS) is 9.91. The molecule has 0 bridgehead atoms. The molecule has 22 heavy (non-hydrogen) atoms. The molecule has 0 N–H and O–H groups in total. The lowest BCUT2D eigenvalue weighted by Crippen LogP contribution is -2.18. The summed E-state index contributed by atoms with van der Waals surface area (Å²) in [4.78, 5) is 11.9. The molecule has 0 saturated heterocycles. The molecule has 112 valence electrons. The van der Waals surface area contributed by atoms with Crippen molar-refractivity contribution in [3.63, 3.8) is 0 Å². The lowest BCUT2D eigenvalue weighted by Gasteiger charge is -2.11. The molecule has 4 nitrogen and oxygen atoms in total. The SMILES string of the molecule is Cc1cc(Br)cc(Cl)c1OC(=O)COc1ccccc1C#N. The number of aryl methyl sites for hydroxylation is 1. The minimum atomic E-state index is -0.597. The summed E-state index contributed by atoms with van der Waals surface area (Å²) >= 11 is 9.36. The number of ether oxygens (including phenoxy) is 2. The van der Waals surface area contributed by atoms with Crippen LogP contribution in [0.1, 0.15) is 11.1 Å². The summed E-state index contributed by atoms with van der Waals surface area (Å²) in [6.07, 6.45) is 0. The van der Waals surface area contributed by atoms with E-state index >= 15 is 0 Å². The summed E-state index contributed by atoms with van der Waals surface area (Å²) in [5, 5.41) is 9.28. The highest BCUT2D eigenvalue weighted by Gasteiger charge is 2.13. The maximum absolute atomic E-state index is 11.9. The first-order valence-electron chi connectivity index (χ1n) is 6.29. The van der Waals surface area contributed by atoms with Crippen LogP contribution in [0.4, 0.5) is 0 Å². The molecule has 0 fully saturated rings. The molecule has 6 heteroatoms. The average molecular weight is 381 g/mol. The van der Waals surface area contributed by atoms with Gasteiger partial charge in [0, 0.05) is 4.47 Å². The van der Waals surface area contributed by atoms with E-state index in [9.17, 15) is 4.79 Å². The van der Waals surface area contributed by atoms with Gasteiger partial charge in [-0.3, -0.25) is 0 Å². The number of carbonyl (C=O) groups excluding carboxylic acids is 1. The Morgan fingerprint density at radius 1 is 1.36 bits per heavy atom. The van der Waals surface area contributed by atoms with Gasteiger partial charge >= 0.3 is 5.97 Å². The Hall–Kier alpha value is -2.03. The Labute approximate surface area is 141 Å². The van der Waals surface area contributed by atoms with Crippen molar-refractivity contribution < 1.29 is 14.3 Å². The topological polar surface area (TPSA) is 59.3 Å². The fraction of sp³-hybridized carbons (Fsp3) is 0.125. The van der Waals surface area contributed by atoms with Crippen LogP contribution in [0.25, 0.3) is 0 Å². The van der Waals surface area contributed by atoms with E-state index in [1.807, 2.05) is 6.07 Å². The zero-order chi connectivity index (χ0) is 16.1. The molecule has 0 heterocycles. The summed E-state index contributed by atoms with van der Waals surface area (Å²) in [7, 11) is 0. The molecule has 0 aliphatic rings. The minimum Gasteiger partial charge on any atom is -0.481 e. The second-order valence-electron chi connectivity index (χ2n) is 4.40. The number of carbonyl (C=O) groups is 1. The molecule has 0 unspecified atom stereocenters. The van der Waals surface area contributed by atoms with Crippen LogP contribution in [-0.2, 0) is 4.79 Å². The first-order valence-corrected chi connectivity index (χ1v) is 7.46. The molecule has 0 spiro atoms. The van der Waals surface area contributed by atoms with Gasteiger partial charge in [-0.1, -0.05) is 39.7 Å². The second-order valence-corrected chi connectivity index (χ2v) is 5.73. The fourth-order valence-corrected chi connectivity index (χ4v) is 2.79. The molecule has 0 saturated carbocycles. The van der Waals surface area contributed by atoms with Crippen molar-refractivity contribution in [3.05, 3.63) is 57.0 Å². The summed E-state index contributed by atoms with van der Waals surface area (Å²) in [5.41, 5.74) is 1.08. The van der Waals surface area contributed by atoms with Gasteiger partial charge in [0.05, 0.1) is 10.6 Å². The minimum absolute atomic E-state index is 0.298. The van der Waals surface area contributed by atoms with Gasteiger partial charge in [0.25, 0.3) is 0 Å². The van der Waals surface area contributed by atoms with Crippen molar-refractivity contribution in [1.29, 1.82) is 5.26 Å². The fourth-order valence-electron chi connectivity index (χ4n) is 1.78. The van der Waals surface area contributed by atoms with Gasteiger partial charge in [-0.15, -0.1) is 0 Å². The van der Waals surface area contributed by atoms with Gasteiger partial charge < -0.3 is 9.47 Å². The standard InChI is InChI=1S/C16H11BrClNO3/c1-10-6-12(17)7-13(18)16(10)22-15(20)9-21-14-5-3-2-4-11(14)8-19/h2-7H,9H2,1H3. The van der Waals surface area contributed by atoms with Gasteiger partial charge in [0.2, 0.25) is 0 Å².